The van der Waals surface area contributed by atoms with Crippen LogP contribution in [0.1, 0.15) is 29.8 Å². The smallest absolute Gasteiger partial charge is 0.252 e. The van der Waals surface area contributed by atoms with Crippen molar-refractivity contribution in [2.75, 3.05) is 20.8 Å². The van der Waals surface area contributed by atoms with Gasteiger partial charge in [-0.15, -0.1) is 0 Å². The number of amides is 1. The fourth-order valence-corrected chi connectivity index (χ4v) is 3.13. The fraction of sp³-hybridized carbons (Fsp3) is 0.350. The van der Waals surface area contributed by atoms with Gasteiger partial charge < -0.3 is 19.5 Å². The molecule has 0 aromatic heterocycles. The van der Waals surface area contributed by atoms with Crippen molar-refractivity contribution >= 4 is 28.5 Å². The fourth-order valence-electron chi connectivity index (χ4n) is 2.45. The molecule has 1 amide bonds. The maximum absolute atomic E-state index is 12.5. The molecule has 0 saturated heterocycles. The summed E-state index contributed by atoms with van der Waals surface area (Å²) in [6.45, 7) is 4.55. The molecule has 26 heavy (non-hydrogen) atoms. The summed E-state index contributed by atoms with van der Waals surface area (Å²) in [5.41, 5.74) is 1.72. The Morgan fingerprint density at radius 2 is 1.69 bits per heavy atom. The summed E-state index contributed by atoms with van der Waals surface area (Å²) in [7, 11) is 3.13. The molecule has 5 nitrogen and oxygen atoms in total. The van der Waals surface area contributed by atoms with Gasteiger partial charge in [0, 0.05) is 10.1 Å². The molecule has 0 aliphatic carbocycles. The number of carbonyl (C=O) groups excluding carboxylic acids is 1. The summed E-state index contributed by atoms with van der Waals surface area (Å²) in [6.07, 6.45) is 0.904. The topological polar surface area (TPSA) is 56.8 Å². The molecule has 0 spiro atoms. The Bertz CT molecular complexity index is 744. The van der Waals surface area contributed by atoms with Crippen molar-refractivity contribution in [3.63, 3.8) is 0 Å². The van der Waals surface area contributed by atoms with E-state index in [1.807, 2.05) is 38.1 Å². The van der Waals surface area contributed by atoms with E-state index in [9.17, 15) is 4.79 Å². The molecule has 0 heterocycles. The SMILES string of the molecule is COc1cc(I)c(C(=O)NCCc2ccc(OC(C)C)cc2)cc1OC. The number of rotatable bonds is 8. The quantitative estimate of drug-likeness (QED) is 0.593. The van der Waals surface area contributed by atoms with Crippen LogP contribution < -0.4 is 19.5 Å². The largest absolute Gasteiger partial charge is 0.493 e. The third-order valence-electron chi connectivity index (χ3n) is 3.71. The highest BCUT2D eigenvalue weighted by Gasteiger charge is 2.15. The Kier molecular flexibility index (Phi) is 7.56. The molecule has 2 aromatic carbocycles. The lowest BCUT2D eigenvalue weighted by atomic mass is 10.1. The second-order valence-corrected chi connectivity index (χ2v) is 7.17. The average Bonchev–Trinajstić information content (AvgIpc) is 2.62. The minimum atomic E-state index is -0.130. The van der Waals surface area contributed by atoms with E-state index in [1.165, 1.54) is 0 Å². The van der Waals surface area contributed by atoms with Crippen LogP contribution in [0.3, 0.4) is 0 Å². The number of nitrogens with one attached hydrogen (secondary N) is 1. The first kappa shape index (κ1) is 20.4. The maximum atomic E-state index is 12.5. The first-order valence-electron chi connectivity index (χ1n) is 8.40. The van der Waals surface area contributed by atoms with Gasteiger partial charge in [0.1, 0.15) is 5.75 Å². The normalized spacial score (nSPS) is 10.5. The molecule has 0 radical (unpaired) electrons. The van der Waals surface area contributed by atoms with Gasteiger partial charge in [0.05, 0.1) is 25.9 Å². The Morgan fingerprint density at radius 1 is 1.08 bits per heavy atom. The van der Waals surface area contributed by atoms with E-state index in [4.69, 9.17) is 14.2 Å². The van der Waals surface area contributed by atoms with E-state index in [1.54, 1.807) is 26.4 Å². The van der Waals surface area contributed by atoms with Crippen molar-refractivity contribution in [1.29, 1.82) is 0 Å². The number of methoxy groups -OCH3 is 2. The molecule has 1 N–H and O–H groups in total. The lowest BCUT2D eigenvalue weighted by molar-refractivity contribution is 0.0953. The third-order valence-corrected chi connectivity index (χ3v) is 4.60. The van der Waals surface area contributed by atoms with Gasteiger partial charge in [-0.2, -0.15) is 0 Å². The second-order valence-electron chi connectivity index (χ2n) is 6.00. The zero-order valence-corrected chi connectivity index (χ0v) is 17.6. The lowest BCUT2D eigenvalue weighted by Crippen LogP contribution is -2.26. The Morgan fingerprint density at radius 3 is 2.27 bits per heavy atom. The molecule has 0 aliphatic rings. The number of carbonyl (C=O) groups is 1. The summed E-state index contributed by atoms with van der Waals surface area (Å²) in [6, 6.07) is 11.4. The van der Waals surface area contributed by atoms with E-state index in [0.29, 0.717) is 23.6 Å². The Balaban J connectivity index is 1.94. The molecule has 0 saturated carbocycles. The molecule has 0 aliphatic heterocycles. The zero-order valence-electron chi connectivity index (χ0n) is 15.5. The van der Waals surface area contributed by atoms with Crippen LogP contribution in [0.5, 0.6) is 17.2 Å². The zero-order chi connectivity index (χ0) is 19.1. The number of benzene rings is 2. The molecule has 140 valence electrons. The van der Waals surface area contributed by atoms with Crippen LogP contribution in [-0.2, 0) is 6.42 Å². The Hall–Kier alpha value is -1.96. The van der Waals surface area contributed by atoms with Crippen LogP contribution in [-0.4, -0.2) is 32.8 Å². The number of halogens is 1. The van der Waals surface area contributed by atoms with Gasteiger partial charge >= 0.3 is 0 Å². The van der Waals surface area contributed by atoms with Crippen LogP contribution in [0.25, 0.3) is 0 Å². The maximum Gasteiger partial charge on any atom is 0.252 e. The van der Waals surface area contributed by atoms with Gasteiger partial charge in [-0.05, 0) is 72.7 Å². The van der Waals surface area contributed by atoms with Crippen molar-refractivity contribution < 1.29 is 19.0 Å². The van der Waals surface area contributed by atoms with Gasteiger partial charge in [0.2, 0.25) is 0 Å². The van der Waals surface area contributed by atoms with Crippen molar-refractivity contribution in [3.8, 4) is 17.2 Å². The van der Waals surface area contributed by atoms with Crippen molar-refractivity contribution in [1.82, 2.24) is 5.32 Å². The predicted molar refractivity (Wildman–Crippen MR) is 111 cm³/mol. The minimum Gasteiger partial charge on any atom is -0.493 e. The predicted octanol–water partition coefficient (Wildman–Crippen LogP) is 4.07. The average molecular weight is 469 g/mol. The van der Waals surface area contributed by atoms with E-state index < -0.39 is 0 Å². The number of hydrogen-bond acceptors (Lipinski definition) is 4. The number of ether oxygens (including phenoxy) is 3. The standard InChI is InChI=1S/C20H24INO4/c1-13(2)26-15-7-5-14(6-8-15)9-10-22-20(23)16-11-18(24-3)19(25-4)12-17(16)21/h5-8,11-13H,9-10H2,1-4H3,(H,22,23). The highest BCUT2D eigenvalue weighted by Crippen LogP contribution is 2.31. The van der Waals surface area contributed by atoms with E-state index >= 15 is 0 Å². The van der Waals surface area contributed by atoms with E-state index in [-0.39, 0.29) is 12.0 Å². The van der Waals surface area contributed by atoms with Gasteiger partial charge in [-0.1, -0.05) is 12.1 Å². The third kappa shape index (κ3) is 5.52. The van der Waals surface area contributed by atoms with Gasteiger partial charge in [0.25, 0.3) is 5.91 Å². The first-order chi connectivity index (χ1) is 12.4. The number of hydrogen-bond donors (Lipinski definition) is 1. The molecular formula is C20H24INO4. The van der Waals surface area contributed by atoms with Gasteiger partial charge in [0.15, 0.2) is 11.5 Å². The van der Waals surface area contributed by atoms with Crippen LogP contribution in [0, 0.1) is 3.57 Å². The summed E-state index contributed by atoms with van der Waals surface area (Å²) < 4.78 is 17.0. The minimum absolute atomic E-state index is 0.130. The monoisotopic (exact) mass is 469 g/mol. The lowest BCUT2D eigenvalue weighted by Gasteiger charge is -2.12. The van der Waals surface area contributed by atoms with Crippen LogP contribution in [0.15, 0.2) is 36.4 Å². The highest BCUT2D eigenvalue weighted by atomic mass is 127. The first-order valence-corrected chi connectivity index (χ1v) is 9.47. The van der Waals surface area contributed by atoms with Gasteiger partial charge in [-0.25, -0.2) is 0 Å². The molecule has 0 atom stereocenters. The van der Waals surface area contributed by atoms with Crippen molar-refractivity contribution in [3.05, 3.63) is 51.1 Å². The second kappa shape index (κ2) is 9.66. The van der Waals surface area contributed by atoms with E-state index in [0.717, 1.165) is 21.3 Å². The van der Waals surface area contributed by atoms with Gasteiger partial charge in [-0.3, -0.25) is 4.79 Å². The van der Waals surface area contributed by atoms with Crippen LogP contribution in [0.2, 0.25) is 0 Å². The van der Waals surface area contributed by atoms with Crippen molar-refractivity contribution in [2.24, 2.45) is 0 Å². The molecule has 2 aromatic rings. The molecule has 0 fully saturated rings. The van der Waals surface area contributed by atoms with E-state index in [2.05, 4.69) is 27.9 Å². The molecular weight excluding hydrogens is 445 g/mol. The Labute approximate surface area is 168 Å². The van der Waals surface area contributed by atoms with Crippen LogP contribution >= 0.6 is 22.6 Å². The summed E-state index contributed by atoms with van der Waals surface area (Å²) in [4.78, 5) is 12.5. The summed E-state index contributed by atoms with van der Waals surface area (Å²) in [5, 5.41) is 2.95. The summed E-state index contributed by atoms with van der Waals surface area (Å²) >= 11 is 2.12. The summed E-state index contributed by atoms with van der Waals surface area (Å²) in [5.74, 6) is 1.87. The molecule has 6 heteroatoms. The molecule has 0 bridgehead atoms. The highest BCUT2D eigenvalue weighted by molar-refractivity contribution is 14.1. The molecule has 0 unspecified atom stereocenters. The van der Waals surface area contributed by atoms with Crippen molar-refractivity contribution in [2.45, 2.75) is 26.4 Å². The molecule has 2 rings (SSSR count). The van der Waals surface area contributed by atoms with Crippen LogP contribution in [0.4, 0.5) is 0 Å².